The number of rotatable bonds is 6. The number of cyclic esters (lactones) is 1. The highest BCUT2D eigenvalue weighted by molar-refractivity contribution is 5.71. The molecule has 4 heteroatoms. The van der Waals surface area contributed by atoms with E-state index in [1.165, 1.54) is 5.57 Å². The number of allylic oxidation sites excluding steroid dienone is 1. The fourth-order valence-electron chi connectivity index (χ4n) is 2.88. The summed E-state index contributed by atoms with van der Waals surface area (Å²) >= 11 is 0. The van der Waals surface area contributed by atoms with Gasteiger partial charge in [0, 0.05) is 33.5 Å². The molecular formula is C15H24O4. The molecule has 4 nitrogen and oxygen atoms in total. The first-order valence-corrected chi connectivity index (χ1v) is 7.15. The first kappa shape index (κ1) is 14.5. The Kier molecular flexibility index (Phi) is 4.99. The molecule has 0 saturated carbocycles. The van der Waals surface area contributed by atoms with Gasteiger partial charge < -0.3 is 14.2 Å². The van der Waals surface area contributed by atoms with Crippen molar-refractivity contribution in [3.63, 3.8) is 0 Å². The van der Waals surface area contributed by atoms with Crippen LogP contribution in [0.4, 0.5) is 0 Å². The Balaban J connectivity index is 1.70. The van der Waals surface area contributed by atoms with E-state index >= 15 is 0 Å². The van der Waals surface area contributed by atoms with Crippen LogP contribution in [0.3, 0.4) is 0 Å². The molecule has 1 fully saturated rings. The molecule has 2 aliphatic rings. The van der Waals surface area contributed by atoms with E-state index in [-0.39, 0.29) is 12.1 Å². The van der Waals surface area contributed by atoms with Gasteiger partial charge in [0.15, 0.2) is 5.79 Å². The van der Waals surface area contributed by atoms with Crippen LogP contribution in [-0.4, -0.2) is 32.1 Å². The summed E-state index contributed by atoms with van der Waals surface area (Å²) in [5.74, 6) is -0.448. The number of hydrogen-bond donors (Lipinski definition) is 0. The van der Waals surface area contributed by atoms with E-state index in [1.807, 2.05) is 0 Å². The molecule has 0 aromatic heterocycles. The summed E-state index contributed by atoms with van der Waals surface area (Å²) in [6.45, 7) is 0. The van der Waals surface area contributed by atoms with Crippen LogP contribution in [-0.2, 0) is 19.0 Å². The van der Waals surface area contributed by atoms with Crippen LogP contribution in [0, 0.1) is 0 Å². The molecule has 1 unspecified atom stereocenters. The maximum absolute atomic E-state index is 11.0. The fraction of sp³-hybridized carbons (Fsp3) is 0.800. The third-order valence-corrected chi connectivity index (χ3v) is 4.27. The van der Waals surface area contributed by atoms with E-state index in [1.54, 1.807) is 14.2 Å². The lowest BCUT2D eigenvalue weighted by molar-refractivity contribution is -0.210. The summed E-state index contributed by atoms with van der Waals surface area (Å²) in [4.78, 5) is 11.0. The van der Waals surface area contributed by atoms with Gasteiger partial charge in [-0.2, -0.15) is 0 Å². The number of methoxy groups -OCH3 is 2. The van der Waals surface area contributed by atoms with Gasteiger partial charge in [0.1, 0.15) is 6.10 Å². The van der Waals surface area contributed by atoms with Crippen molar-refractivity contribution >= 4 is 5.97 Å². The zero-order valence-corrected chi connectivity index (χ0v) is 11.9. The second kappa shape index (κ2) is 6.53. The van der Waals surface area contributed by atoms with Crippen LogP contribution >= 0.6 is 0 Å². The first-order chi connectivity index (χ1) is 9.17. The molecular weight excluding hydrogens is 244 g/mol. The molecule has 1 aliphatic carbocycles. The Morgan fingerprint density at radius 2 is 2.16 bits per heavy atom. The molecule has 1 saturated heterocycles. The minimum Gasteiger partial charge on any atom is -0.462 e. The van der Waals surface area contributed by atoms with Crippen molar-refractivity contribution in [3.05, 3.63) is 11.6 Å². The zero-order valence-electron chi connectivity index (χ0n) is 11.9. The molecule has 0 radical (unpaired) electrons. The molecule has 2 rings (SSSR count). The predicted octanol–water partition coefficient (Wildman–Crippen LogP) is 2.96. The highest BCUT2D eigenvalue weighted by Gasteiger charge is 2.31. The van der Waals surface area contributed by atoms with Crippen LogP contribution in [0.15, 0.2) is 11.6 Å². The van der Waals surface area contributed by atoms with Crippen molar-refractivity contribution in [2.24, 2.45) is 0 Å². The molecule has 0 N–H and O–H groups in total. The summed E-state index contributed by atoms with van der Waals surface area (Å²) in [6.07, 6.45) is 9.86. The monoisotopic (exact) mass is 268 g/mol. The van der Waals surface area contributed by atoms with Crippen molar-refractivity contribution in [1.29, 1.82) is 0 Å². The molecule has 0 spiro atoms. The van der Waals surface area contributed by atoms with Gasteiger partial charge in [-0.1, -0.05) is 11.6 Å². The SMILES string of the molecule is COC1(OC)CC=C(CCCC2CCC(=O)O2)CC1. The zero-order chi connectivity index (χ0) is 13.7. The Hall–Kier alpha value is -0.870. The van der Waals surface area contributed by atoms with Gasteiger partial charge in [-0.25, -0.2) is 0 Å². The average Bonchev–Trinajstić information content (AvgIpc) is 2.86. The van der Waals surface area contributed by atoms with Crippen LogP contribution < -0.4 is 0 Å². The van der Waals surface area contributed by atoms with Crippen LogP contribution in [0.25, 0.3) is 0 Å². The molecule has 0 bridgehead atoms. The van der Waals surface area contributed by atoms with Crippen LogP contribution in [0.1, 0.15) is 51.4 Å². The number of esters is 1. The maximum Gasteiger partial charge on any atom is 0.306 e. The quantitative estimate of drug-likeness (QED) is 0.422. The summed E-state index contributed by atoms with van der Waals surface area (Å²) in [6, 6.07) is 0. The van der Waals surface area contributed by atoms with Crippen molar-refractivity contribution in [2.75, 3.05) is 14.2 Å². The highest BCUT2D eigenvalue weighted by atomic mass is 16.7. The van der Waals surface area contributed by atoms with E-state index in [2.05, 4.69) is 6.08 Å². The molecule has 19 heavy (non-hydrogen) atoms. The number of carbonyl (C=O) groups is 1. The molecule has 108 valence electrons. The number of hydrogen-bond acceptors (Lipinski definition) is 4. The fourth-order valence-corrected chi connectivity index (χ4v) is 2.88. The van der Waals surface area contributed by atoms with Gasteiger partial charge >= 0.3 is 5.97 Å². The third-order valence-electron chi connectivity index (χ3n) is 4.27. The topological polar surface area (TPSA) is 44.8 Å². The Labute approximate surface area is 115 Å². The summed E-state index contributed by atoms with van der Waals surface area (Å²) in [5.41, 5.74) is 1.48. The minimum absolute atomic E-state index is 0.0353. The Bertz CT molecular complexity index is 344. The highest BCUT2D eigenvalue weighted by Crippen LogP contribution is 2.33. The van der Waals surface area contributed by atoms with Crippen molar-refractivity contribution in [1.82, 2.24) is 0 Å². The van der Waals surface area contributed by atoms with Gasteiger partial charge in [0.25, 0.3) is 0 Å². The van der Waals surface area contributed by atoms with Crippen molar-refractivity contribution in [2.45, 2.75) is 63.3 Å². The Morgan fingerprint density at radius 1 is 1.37 bits per heavy atom. The second-order valence-electron chi connectivity index (χ2n) is 5.43. The van der Waals surface area contributed by atoms with Crippen LogP contribution in [0.2, 0.25) is 0 Å². The third kappa shape index (κ3) is 3.80. The van der Waals surface area contributed by atoms with Gasteiger partial charge in [0.2, 0.25) is 0 Å². The number of carbonyl (C=O) groups excluding carboxylic acids is 1. The van der Waals surface area contributed by atoms with Crippen molar-refractivity contribution in [3.8, 4) is 0 Å². The molecule has 1 atom stereocenters. The largest absolute Gasteiger partial charge is 0.462 e. The lowest BCUT2D eigenvalue weighted by atomic mass is 9.90. The smallest absolute Gasteiger partial charge is 0.306 e. The van der Waals surface area contributed by atoms with Crippen molar-refractivity contribution < 1.29 is 19.0 Å². The normalized spacial score (nSPS) is 26.1. The van der Waals surface area contributed by atoms with E-state index < -0.39 is 5.79 Å². The van der Waals surface area contributed by atoms with E-state index in [0.717, 1.165) is 44.9 Å². The van der Waals surface area contributed by atoms with Gasteiger partial charge in [-0.05, 0) is 32.1 Å². The molecule has 0 aromatic carbocycles. The standard InChI is InChI=1S/C15H24O4/c1-17-15(18-2)10-8-12(9-11-15)4-3-5-13-6-7-14(16)19-13/h8,13H,3-7,9-11H2,1-2H3. The summed E-state index contributed by atoms with van der Waals surface area (Å²) in [7, 11) is 3.41. The second-order valence-corrected chi connectivity index (χ2v) is 5.43. The summed E-state index contributed by atoms with van der Waals surface area (Å²) in [5, 5.41) is 0. The molecule has 1 aliphatic heterocycles. The minimum atomic E-state index is -0.412. The summed E-state index contributed by atoms with van der Waals surface area (Å²) < 4.78 is 16.1. The maximum atomic E-state index is 11.0. The van der Waals surface area contributed by atoms with Gasteiger partial charge in [-0.15, -0.1) is 0 Å². The molecule has 0 amide bonds. The average molecular weight is 268 g/mol. The van der Waals surface area contributed by atoms with Gasteiger partial charge in [-0.3, -0.25) is 4.79 Å². The molecule has 1 heterocycles. The number of ether oxygens (including phenoxy) is 3. The predicted molar refractivity (Wildman–Crippen MR) is 71.6 cm³/mol. The van der Waals surface area contributed by atoms with Gasteiger partial charge in [0.05, 0.1) is 0 Å². The molecule has 0 aromatic rings. The van der Waals surface area contributed by atoms with E-state index in [4.69, 9.17) is 14.2 Å². The van der Waals surface area contributed by atoms with E-state index in [9.17, 15) is 4.79 Å². The van der Waals surface area contributed by atoms with E-state index in [0.29, 0.717) is 6.42 Å². The lowest BCUT2D eigenvalue weighted by Crippen LogP contribution is -2.35. The van der Waals surface area contributed by atoms with Crippen LogP contribution in [0.5, 0.6) is 0 Å². The first-order valence-electron chi connectivity index (χ1n) is 7.15. The lowest BCUT2D eigenvalue weighted by Gasteiger charge is -2.33. The Morgan fingerprint density at radius 3 is 2.68 bits per heavy atom.